The number of carbonyl (C=O) groups excluding carboxylic acids is 1. The lowest BCUT2D eigenvalue weighted by molar-refractivity contribution is -0.122. The van der Waals surface area contributed by atoms with E-state index in [0.717, 1.165) is 31.2 Å². The van der Waals surface area contributed by atoms with Crippen molar-refractivity contribution in [2.75, 3.05) is 6.54 Å². The molecule has 2 N–H and O–H groups in total. The summed E-state index contributed by atoms with van der Waals surface area (Å²) in [5.74, 6) is 0.180. The van der Waals surface area contributed by atoms with Crippen molar-refractivity contribution in [3.8, 4) is 0 Å². The molecule has 0 fully saturated rings. The lowest BCUT2D eigenvalue weighted by Crippen LogP contribution is -2.32. The van der Waals surface area contributed by atoms with Crippen LogP contribution in [0.5, 0.6) is 0 Å². The normalized spacial score (nSPS) is 16.8. The van der Waals surface area contributed by atoms with Gasteiger partial charge >= 0.3 is 0 Å². The van der Waals surface area contributed by atoms with Gasteiger partial charge in [0, 0.05) is 23.6 Å². The molecule has 3 heteroatoms. The van der Waals surface area contributed by atoms with Crippen LogP contribution in [0, 0.1) is 0 Å². The Bertz CT molecular complexity index is 865. The number of rotatable bonds is 4. The van der Waals surface area contributed by atoms with Crippen LogP contribution in [0.1, 0.15) is 35.4 Å². The summed E-state index contributed by atoms with van der Waals surface area (Å²) in [4.78, 5) is 15.9. The lowest BCUT2D eigenvalue weighted by Gasteiger charge is -2.24. The summed E-state index contributed by atoms with van der Waals surface area (Å²) in [7, 11) is 0. The second-order valence-electron chi connectivity index (χ2n) is 6.54. The Hall–Kier alpha value is -2.55. The van der Waals surface area contributed by atoms with Gasteiger partial charge in [-0.1, -0.05) is 42.5 Å². The minimum Gasteiger partial charge on any atom is -0.361 e. The molecule has 1 aromatic heterocycles. The number of fused-ring (bicyclic) bond motifs is 2. The minimum atomic E-state index is 0.0120. The van der Waals surface area contributed by atoms with Gasteiger partial charge in [0.2, 0.25) is 5.91 Å². The Morgan fingerprint density at radius 3 is 2.92 bits per heavy atom. The van der Waals surface area contributed by atoms with Crippen LogP contribution in [-0.2, 0) is 17.6 Å². The Kier molecular flexibility index (Phi) is 4.08. The maximum absolute atomic E-state index is 12.6. The number of para-hydroxylation sites is 1. The smallest absolute Gasteiger partial charge is 0.227 e. The summed E-state index contributed by atoms with van der Waals surface area (Å²) in [5, 5.41) is 4.39. The molecule has 0 bridgehead atoms. The minimum absolute atomic E-state index is 0.0120. The fraction of sp³-hybridized carbons (Fsp3) is 0.286. The molecule has 4 rings (SSSR count). The number of nitrogens with one attached hydrogen (secondary N) is 2. The molecule has 0 saturated carbocycles. The van der Waals surface area contributed by atoms with Gasteiger partial charge < -0.3 is 10.3 Å². The van der Waals surface area contributed by atoms with Crippen molar-refractivity contribution < 1.29 is 4.79 Å². The highest BCUT2D eigenvalue weighted by molar-refractivity contribution is 5.85. The molecule has 2 aromatic carbocycles. The van der Waals surface area contributed by atoms with Crippen LogP contribution in [0.15, 0.2) is 54.7 Å². The highest BCUT2D eigenvalue weighted by atomic mass is 16.1. The average molecular weight is 318 g/mol. The molecule has 24 heavy (non-hydrogen) atoms. The first-order chi connectivity index (χ1) is 11.8. The van der Waals surface area contributed by atoms with Crippen LogP contribution in [0.2, 0.25) is 0 Å². The molecule has 122 valence electrons. The van der Waals surface area contributed by atoms with Crippen molar-refractivity contribution in [3.63, 3.8) is 0 Å². The number of hydrogen-bond acceptors (Lipinski definition) is 1. The Balaban J connectivity index is 1.41. The zero-order valence-electron chi connectivity index (χ0n) is 13.7. The molecular formula is C21H22N2O. The largest absolute Gasteiger partial charge is 0.361 e. The zero-order chi connectivity index (χ0) is 16.4. The number of aromatic amines is 1. The van der Waals surface area contributed by atoms with Crippen molar-refractivity contribution in [3.05, 3.63) is 71.4 Å². The van der Waals surface area contributed by atoms with Gasteiger partial charge in [0.15, 0.2) is 0 Å². The van der Waals surface area contributed by atoms with E-state index in [9.17, 15) is 4.79 Å². The van der Waals surface area contributed by atoms with Crippen LogP contribution in [0.3, 0.4) is 0 Å². The fourth-order valence-corrected chi connectivity index (χ4v) is 3.81. The Morgan fingerprint density at radius 1 is 1.12 bits per heavy atom. The molecule has 1 amide bonds. The van der Waals surface area contributed by atoms with Crippen LogP contribution < -0.4 is 5.32 Å². The summed E-state index contributed by atoms with van der Waals surface area (Å²) in [6, 6.07) is 16.7. The molecule has 1 heterocycles. The summed E-state index contributed by atoms with van der Waals surface area (Å²) in [6.45, 7) is 0.680. The quantitative estimate of drug-likeness (QED) is 0.752. The number of amides is 1. The summed E-state index contributed by atoms with van der Waals surface area (Å²) in [6.07, 6.45) is 6.04. The van der Waals surface area contributed by atoms with Crippen molar-refractivity contribution >= 4 is 16.8 Å². The Morgan fingerprint density at radius 2 is 1.96 bits per heavy atom. The van der Waals surface area contributed by atoms with E-state index in [1.807, 2.05) is 18.3 Å². The average Bonchev–Trinajstić information content (AvgIpc) is 3.04. The van der Waals surface area contributed by atoms with E-state index in [0.29, 0.717) is 6.54 Å². The number of H-pyrrole nitrogens is 1. The van der Waals surface area contributed by atoms with Gasteiger partial charge in [-0.25, -0.2) is 0 Å². The van der Waals surface area contributed by atoms with E-state index in [4.69, 9.17) is 0 Å². The molecule has 0 spiro atoms. The predicted octanol–water partition coefficient (Wildman–Crippen LogP) is 3.95. The van der Waals surface area contributed by atoms with Crippen LogP contribution in [0.25, 0.3) is 10.9 Å². The summed E-state index contributed by atoms with van der Waals surface area (Å²) < 4.78 is 0. The zero-order valence-corrected chi connectivity index (χ0v) is 13.7. The van der Waals surface area contributed by atoms with Crippen molar-refractivity contribution in [1.29, 1.82) is 0 Å². The number of hydrogen-bond donors (Lipinski definition) is 2. The molecule has 1 atom stereocenters. The first-order valence-electron chi connectivity index (χ1n) is 8.73. The van der Waals surface area contributed by atoms with Gasteiger partial charge in [-0.05, 0) is 48.4 Å². The van der Waals surface area contributed by atoms with Crippen LogP contribution >= 0.6 is 0 Å². The van der Waals surface area contributed by atoms with E-state index in [-0.39, 0.29) is 11.8 Å². The van der Waals surface area contributed by atoms with Crippen molar-refractivity contribution in [2.45, 2.75) is 31.6 Å². The van der Waals surface area contributed by atoms with E-state index >= 15 is 0 Å². The highest BCUT2D eigenvalue weighted by Crippen LogP contribution is 2.31. The summed E-state index contributed by atoms with van der Waals surface area (Å²) >= 11 is 0. The molecule has 0 saturated heterocycles. The second-order valence-corrected chi connectivity index (χ2v) is 6.54. The molecule has 1 unspecified atom stereocenters. The van der Waals surface area contributed by atoms with Gasteiger partial charge in [-0.15, -0.1) is 0 Å². The highest BCUT2D eigenvalue weighted by Gasteiger charge is 2.25. The first kappa shape index (κ1) is 15.0. The maximum atomic E-state index is 12.6. The molecule has 3 aromatic rings. The molecule has 3 nitrogen and oxygen atoms in total. The lowest BCUT2D eigenvalue weighted by atomic mass is 9.82. The molecular weight excluding hydrogens is 296 g/mol. The molecule has 1 aliphatic carbocycles. The van der Waals surface area contributed by atoms with Gasteiger partial charge in [0.05, 0.1) is 5.92 Å². The van der Waals surface area contributed by atoms with E-state index in [2.05, 4.69) is 46.7 Å². The maximum Gasteiger partial charge on any atom is 0.227 e. The van der Waals surface area contributed by atoms with Crippen molar-refractivity contribution in [2.24, 2.45) is 0 Å². The van der Waals surface area contributed by atoms with E-state index in [1.54, 1.807) is 0 Å². The monoisotopic (exact) mass is 318 g/mol. The number of aromatic nitrogens is 1. The third kappa shape index (κ3) is 2.82. The third-order valence-electron chi connectivity index (χ3n) is 5.05. The molecule has 1 aliphatic rings. The second kappa shape index (κ2) is 6.52. The SMILES string of the molecule is O=C(NCCc1c[nH]c2ccccc12)C1CCCc2ccccc21. The fourth-order valence-electron chi connectivity index (χ4n) is 3.81. The predicted molar refractivity (Wildman–Crippen MR) is 97.1 cm³/mol. The van der Waals surface area contributed by atoms with Gasteiger partial charge in [0.1, 0.15) is 0 Å². The van der Waals surface area contributed by atoms with E-state index in [1.165, 1.54) is 22.1 Å². The van der Waals surface area contributed by atoms with Gasteiger partial charge in [-0.2, -0.15) is 0 Å². The Labute approximate surface area is 142 Å². The number of carbonyl (C=O) groups is 1. The first-order valence-corrected chi connectivity index (χ1v) is 8.73. The molecule has 0 aliphatic heterocycles. The summed E-state index contributed by atoms with van der Waals surface area (Å²) in [5.41, 5.74) is 4.96. The van der Waals surface area contributed by atoms with Crippen molar-refractivity contribution in [1.82, 2.24) is 10.3 Å². The van der Waals surface area contributed by atoms with E-state index < -0.39 is 0 Å². The molecule has 0 radical (unpaired) electrons. The van der Waals surface area contributed by atoms with Gasteiger partial charge in [0.25, 0.3) is 0 Å². The third-order valence-corrected chi connectivity index (χ3v) is 5.05. The topological polar surface area (TPSA) is 44.9 Å². The number of aryl methyl sites for hydroxylation is 1. The standard InChI is InChI=1S/C21H22N2O/c24-21(19-10-5-7-15-6-1-2-8-17(15)19)22-13-12-16-14-23-20-11-4-3-9-18(16)20/h1-4,6,8-9,11,14,19,23H,5,7,10,12-13H2,(H,22,24). The van der Waals surface area contributed by atoms with Gasteiger partial charge in [-0.3, -0.25) is 4.79 Å². The van der Waals surface area contributed by atoms with Crippen LogP contribution in [-0.4, -0.2) is 17.4 Å². The number of benzene rings is 2. The van der Waals surface area contributed by atoms with Crippen LogP contribution in [0.4, 0.5) is 0 Å².